The second-order valence-electron chi connectivity index (χ2n) is 14.2. The molecule has 0 aromatic carbocycles. The summed E-state index contributed by atoms with van der Waals surface area (Å²) in [5, 5.41) is 0. The number of rotatable bonds is 34. The van der Waals surface area contributed by atoms with Gasteiger partial charge in [0.05, 0.1) is 0 Å². The molecule has 0 bridgehead atoms. The van der Waals surface area contributed by atoms with Crippen molar-refractivity contribution in [3.8, 4) is 0 Å². The highest BCUT2D eigenvalue weighted by atomic mass is 14.7. The summed E-state index contributed by atoms with van der Waals surface area (Å²) in [5.41, 5.74) is 4.10. The molecule has 0 fully saturated rings. The van der Waals surface area contributed by atoms with Crippen molar-refractivity contribution in [1.82, 2.24) is 4.98 Å². The lowest BCUT2D eigenvalue weighted by atomic mass is 10.0. The predicted octanol–water partition coefficient (Wildman–Crippen LogP) is 15.0. The maximum Gasteiger partial charge on any atom is 0.0409 e. The summed E-state index contributed by atoms with van der Waals surface area (Å²) in [4.78, 5) is 5.05. The summed E-state index contributed by atoms with van der Waals surface area (Å²) in [6.45, 7) is 6.87. The first-order chi connectivity index (χ1) is 21.3. The quantitative estimate of drug-likeness (QED) is 0.0720. The molecule has 1 nitrogen and oxygen atoms in total. The topological polar surface area (TPSA) is 12.9 Å². The molecule has 0 spiro atoms. The largest absolute Gasteiger partial charge is 0.258 e. The Morgan fingerprint density at radius 1 is 0.326 bits per heavy atom. The SMILES string of the molecule is CCCCCCCCCCCCCCCCCCc1cc(C)cc(CCCCCCCCCCCCCCCCCC)n1. The second-order valence-corrected chi connectivity index (χ2v) is 14.2. The molecule has 0 atom stereocenters. The van der Waals surface area contributed by atoms with Gasteiger partial charge in [0.2, 0.25) is 0 Å². The summed E-state index contributed by atoms with van der Waals surface area (Å²) in [5.74, 6) is 0. The van der Waals surface area contributed by atoms with E-state index in [1.54, 1.807) is 0 Å². The summed E-state index contributed by atoms with van der Waals surface area (Å²) >= 11 is 0. The standard InChI is InChI=1S/C42H79N/c1-4-6-8-10-12-14-16-18-20-22-24-26-28-30-32-34-36-41-38-40(3)39-42(43-41)37-35-33-31-29-27-25-23-21-19-17-15-13-11-9-7-5-2/h38-39H,4-37H2,1-3H3. The second kappa shape index (κ2) is 32.5. The van der Waals surface area contributed by atoms with Gasteiger partial charge in [0, 0.05) is 11.4 Å². The smallest absolute Gasteiger partial charge is 0.0409 e. The van der Waals surface area contributed by atoms with Gasteiger partial charge in [0.15, 0.2) is 0 Å². The molecule has 1 rings (SSSR count). The van der Waals surface area contributed by atoms with Crippen molar-refractivity contribution >= 4 is 0 Å². The fourth-order valence-electron chi connectivity index (χ4n) is 6.78. The lowest BCUT2D eigenvalue weighted by Crippen LogP contribution is -1.98. The van der Waals surface area contributed by atoms with Crippen molar-refractivity contribution in [2.24, 2.45) is 0 Å². The zero-order chi connectivity index (χ0) is 30.9. The number of unbranched alkanes of at least 4 members (excludes halogenated alkanes) is 30. The van der Waals surface area contributed by atoms with Gasteiger partial charge in [-0.05, 0) is 50.3 Å². The number of aryl methyl sites for hydroxylation is 3. The molecule has 0 aliphatic carbocycles. The van der Waals surface area contributed by atoms with Gasteiger partial charge in [0.25, 0.3) is 0 Å². The normalized spacial score (nSPS) is 11.5. The molecule has 0 aliphatic heterocycles. The molecule has 252 valence electrons. The van der Waals surface area contributed by atoms with Crippen LogP contribution in [0.25, 0.3) is 0 Å². The number of aromatic nitrogens is 1. The fraction of sp³-hybridized carbons (Fsp3) is 0.881. The molecule has 43 heavy (non-hydrogen) atoms. The minimum atomic E-state index is 1.17. The predicted molar refractivity (Wildman–Crippen MR) is 195 cm³/mol. The van der Waals surface area contributed by atoms with Crippen LogP contribution in [0.3, 0.4) is 0 Å². The van der Waals surface area contributed by atoms with Crippen LogP contribution in [0.4, 0.5) is 0 Å². The van der Waals surface area contributed by atoms with Gasteiger partial charge in [-0.25, -0.2) is 0 Å². The van der Waals surface area contributed by atoms with Crippen LogP contribution in [0.15, 0.2) is 12.1 Å². The minimum absolute atomic E-state index is 1.17. The minimum Gasteiger partial charge on any atom is -0.258 e. The van der Waals surface area contributed by atoms with E-state index in [9.17, 15) is 0 Å². The van der Waals surface area contributed by atoms with Crippen molar-refractivity contribution in [2.75, 3.05) is 0 Å². The third-order valence-corrected chi connectivity index (χ3v) is 9.65. The number of nitrogens with zero attached hydrogens (tertiary/aromatic N) is 1. The maximum atomic E-state index is 5.05. The van der Waals surface area contributed by atoms with Crippen LogP contribution in [0.2, 0.25) is 0 Å². The number of hydrogen-bond acceptors (Lipinski definition) is 1. The molecule has 1 aromatic rings. The molecular formula is C42H79N. The van der Waals surface area contributed by atoms with E-state index in [1.165, 1.54) is 235 Å². The van der Waals surface area contributed by atoms with Gasteiger partial charge < -0.3 is 0 Å². The van der Waals surface area contributed by atoms with E-state index >= 15 is 0 Å². The Balaban J connectivity index is 1.91. The van der Waals surface area contributed by atoms with Crippen LogP contribution in [-0.4, -0.2) is 4.98 Å². The maximum absolute atomic E-state index is 5.05. The third-order valence-electron chi connectivity index (χ3n) is 9.65. The molecule has 0 aliphatic rings. The van der Waals surface area contributed by atoms with Crippen LogP contribution in [-0.2, 0) is 12.8 Å². The van der Waals surface area contributed by atoms with Crippen molar-refractivity contribution < 1.29 is 0 Å². The molecule has 1 heterocycles. The Morgan fingerprint density at radius 2 is 0.535 bits per heavy atom. The van der Waals surface area contributed by atoms with Crippen molar-refractivity contribution in [3.05, 3.63) is 29.1 Å². The van der Waals surface area contributed by atoms with Gasteiger partial charge in [-0.15, -0.1) is 0 Å². The molecule has 1 aromatic heterocycles. The molecule has 1 heteroatoms. The van der Waals surface area contributed by atoms with Crippen LogP contribution in [0.5, 0.6) is 0 Å². The van der Waals surface area contributed by atoms with Crippen LogP contribution >= 0.6 is 0 Å². The molecule has 0 saturated heterocycles. The van der Waals surface area contributed by atoms with Gasteiger partial charge in [0.1, 0.15) is 0 Å². The van der Waals surface area contributed by atoms with E-state index < -0.39 is 0 Å². The fourth-order valence-corrected chi connectivity index (χ4v) is 6.78. The van der Waals surface area contributed by atoms with Crippen molar-refractivity contribution in [3.63, 3.8) is 0 Å². The number of pyridine rings is 1. The third kappa shape index (κ3) is 28.4. The molecule has 0 N–H and O–H groups in total. The Kier molecular flexibility index (Phi) is 30.4. The van der Waals surface area contributed by atoms with Crippen LogP contribution in [0, 0.1) is 6.92 Å². The average molecular weight is 598 g/mol. The molecule has 0 unspecified atom stereocenters. The first kappa shape index (κ1) is 40.2. The molecule has 0 amide bonds. The van der Waals surface area contributed by atoms with Gasteiger partial charge in [-0.1, -0.05) is 206 Å². The van der Waals surface area contributed by atoms with Crippen molar-refractivity contribution in [1.29, 1.82) is 0 Å². The van der Waals surface area contributed by atoms with Gasteiger partial charge >= 0.3 is 0 Å². The van der Waals surface area contributed by atoms with Gasteiger partial charge in [-0.3, -0.25) is 4.98 Å². The highest BCUT2D eigenvalue weighted by Crippen LogP contribution is 2.17. The van der Waals surface area contributed by atoms with Crippen molar-refractivity contribution in [2.45, 2.75) is 239 Å². The average Bonchev–Trinajstić information content (AvgIpc) is 3.00. The lowest BCUT2D eigenvalue weighted by molar-refractivity contribution is 0.528. The Labute approximate surface area is 272 Å². The Bertz CT molecular complexity index is 625. The first-order valence-corrected chi connectivity index (χ1v) is 20.2. The zero-order valence-electron chi connectivity index (χ0n) is 30.1. The van der Waals surface area contributed by atoms with E-state index in [1.807, 2.05) is 0 Å². The van der Waals surface area contributed by atoms with E-state index in [2.05, 4.69) is 32.9 Å². The number of hydrogen-bond donors (Lipinski definition) is 0. The molecule has 0 radical (unpaired) electrons. The first-order valence-electron chi connectivity index (χ1n) is 20.2. The van der Waals surface area contributed by atoms with Crippen LogP contribution in [0.1, 0.15) is 236 Å². The van der Waals surface area contributed by atoms with E-state index in [4.69, 9.17) is 4.98 Å². The van der Waals surface area contributed by atoms with Crippen LogP contribution < -0.4 is 0 Å². The summed E-state index contributed by atoms with van der Waals surface area (Å²) in [7, 11) is 0. The molecule has 0 saturated carbocycles. The summed E-state index contributed by atoms with van der Waals surface area (Å²) in [6.07, 6.45) is 48.3. The zero-order valence-corrected chi connectivity index (χ0v) is 30.1. The summed E-state index contributed by atoms with van der Waals surface area (Å²) < 4.78 is 0. The van der Waals surface area contributed by atoms with Gasteiger partial charge in [-0.2, -0.15) is 0 Å². The lowest BCUT2D eigenvalue weighted by Gasteiger charge is -2.08. The Morgan fingerprint density at radius 3 is 0.767 bits per heavy atom. The highest BCUT2D eigenvalue weighted by molar-refractivity contribution is 5.20. The monoisotopic (exact) mass is 598 g/mol. The van der Waals surface area contributed by atoms with E-state index in [0.717, 1.165) is 0 Å². The van der Waals surface area contributed by atoms with E-state index in [0.29, 0.717) is 0 Å². The highest BCUT2D eigenvalue weighted by Gasteiger charge is 2.03. The van der Waals surface area contributed by atoms with E-state index in [-0.39, 0.29) is 0 Å². The molecular weight excluding hydrogens is 518 g/mol. The summed E-state index contributed by atoms with van der Waals surface area (Å²) in [6, 6.07) is 4.67. The Hall–Kier alpha value is -0.850.